The molecule has 100 valence electrons. The van der Waals surface area contributed by atoms with E-state index in [1.54, 1.807) is 0 Å². The highest BCUT2D eigenvalue weighted by Gasteiger charge is 2.15. The Labute approximate surface area is 104 Å². The quantitative estimate of drug-likeness (QED) is 0.633. The van der Waals surface area contributed by atoms with Gasteiger partial charge in [0.25, 0.3) is 0 Å². The van der Waals surface area contributed by atoms with Gasteiger partial charge in [0.05, 0.1) is 6.54 Å². The second kappa shape index (κ2) is 9.42. The van der Waals surface area contributed by atoms with Gasteiger partial charge in [-0.3, -0.25) is 4.79 Å². The van der Waals surface area contributed by atoms with Gasteiger partial charge in [0.15, 0.2) is 0 Å². The van der Waals surface area contributed by atoms with Crippen LogP contribution in [0.25, 0.3) is 0 Å². The van der Waals surface area contributed by atoms with Crippen LogP contribution in [-0.2, 0) is 9.53 Å². The summed E-state index contributed by atoms with van der Waals surface area (Å²) in [7, 11) is 0. The van der Waals surface area contributed by atoms with Gasteiger partial charge in [-0.1, -0.05) is 26.2 Å². The summed E-state index contributed by atoms with van der Waals surface area (Å²) in [5, 5.41) is 6.23. The number of nitrogens with one attached hydrogen (secondary N) is 2. The molecule has 4 nitrogen and oxygen atoms in total. The van der Waals surface area contributed by atoms with E-state index in [0.717, 1.165) is 32.6 Å². The Balaban J connectivity index is 1.93. The minimum absolute atomic E-state index is 0.118. The van der Waals surface area contributed by atoms with Crippen LogP contribution >= 0.6 is 0 Å². The number of amides is 1. The van der Waals surface area contributed by atoms with Crippen LogP contribution in [0, 0.1) is 0 Å². The number of hydrogen-bond donors (Lipinski definition) is 2. The molecule has 1 heterocycles. The molecule has 0 aromatic carbocycles. The summed E-state index contributed by atoms with van der Waals surface area (Å²) in [6.07, 6.45) is 6.86. The zero-order valence-corrected chi connectivity index (χ0v) is 11.0. The van der Waals surface area contributed by atoms with Crippen LogP contribution in [0.2, 0.25) is 0 Å². The fraction of sp³-hybridized carbons (Fsp3) is 0.923. The molecule has 1 aliphatic rings. The summed E-state index contributed by atoms with van der Waals surface area (Å²) in [5.74, 6) is 0.118. The zero-order chi connectivity index (χ0) is 12.3. The largest absolute Gasteiger partial charge is 0.381 e. The summed E-state index contributed by atoms with van der Waals surface area (Å²) in [4.78, 5) is 11.6. The van der Waals surface area contributed by atoms with Gasteiger partial charge >= 0.3 is 0 Å². The van der Waals surface area contributed by atoms with E-state index in [9.17, 15) is 4.79 Å². The highest BCUT2D eigenvalue weighted by Crippen LogP contribution is 2.05. The molecule has 1 rings (SSSR count). The van der Waals surface area contributed by atoms with Crippen molar-refractivity contribution in [2.45, 2.75) is 51.5 Å². The zero-order valence-electron chi connectivity index (χ0n) is 11.0. The van der Waals surface area contributed by atoms with Gasteiger partial charge in [-0.25, -0.2) is 0 Å². The highest BCUT2D eigenvalue weighted by atomic mass is 16.5. The molecule has 4 heteroatoms. The first-order valence-electron chi connectivity index (χ1n) is 6.90. The van der Waals surface area contributed by atoms with Gasteiger partial charge in [-0.05, 0) is 25.8 Å². The molecule has 0 radical (unpaired) electrons. The van der Waals surface area contributed by atoms with Crippen molar-refractivity contribution in [3.63, 3.8) is 0 Å². The highest BCUT2D eigenvalue weighted by molar-refractivity contribution is 5.78. The molecule has 0 unspecified atom stereocenters. The lowest BCUT2D eigenvalue weighted by Crippen LogP contribution is -2.43. The first-order valence-corrected chi connectivity index (χ1v) is 6.90. The monoisotopic (exact) mass is 242 g/mol. The van der Waals surface area contributed by atoms with E-state index in [2.05, 4.69) is 17.6 Å². The summed E-state index contributed by atoms with van der Waals surface area (Å²) in [6.45, 7) is 5.14. The molecule has 0 saturated carbocycles. The van der Waals surface area contributed by atoms with Crippen molar-refractivity contribution in [1.29, 1.82) is 0 Å². The van der Waals surface area contributed by atoms with E-state index >= 15 is 0 Å². The molecule has 1 aliphatic heterocycles. The van der Waals surface area contributed by atoms with Crippen LogP contribution in [0.15, 0.2) is 0 Å². The molecule has 0 aliphatic carbocycles. The predicted molar refractivity (Wildman–Crippen MR) is 69.0 cm³/mol. The molecule has 0 spiro atoms. The van der Waals surface area contributed by atoms with E-state index in [0.29, 0.717) is 12.6 Å². The second-order valence-corrected chi connectivity index (χ2v) is 4.69. The Kier molecular flexibility index (Phi) is 8.01. The van der Waals surface area contributed by atoms with Gasteiger partial charge in [0, 0.05) is 19.3 Å². The number of rotatable bonds is 8. The van der Waals surface area contributed by atoms with Crippen LogP contribution in [0.4, 0.5) is 0 Å². The van der Waals surface area contributed by atoms with Crippen LogP contribution in [0.5, 0.6) is 0 Å². The topological polar surface area (TPSA) is 50.4 Å². The van der Waals surface area contributed by atoms with E-state index in [1.165, 1.54) is 25.7 Å². The number of unbranched alkanes of at least 4 members (excludes halogenated alkanes) is 3. The third kappa shape index (κ3) is 7.34. The first-order chi connectivity index (χ1) is 8.33. The van der Waals surface area contributed by atoms with Crippen LogP contribution in [0.1, 0.15) is 45.4 Å². The standard InChI is InChI=1S/C13H26N2O2/c1-2-3-4-5-8-14-11-13(16)15-12-6-9-17-10-7-12/h12,14H,2-11H2,1H3,(H,15,16). The lowest BCUT2D eigenvalue weighted by Gasteiger charge is -2.23. The molecule has 17 heavy (non-hydrogen) atoms. The number of carbonyl (C=O) groups is 1. The van der Waals surface area contributed by atoms with Gasteiger partial charge in [-0.15, -0.1) is 0 Å². The number of carbonyl (C=O) groups excluding carboxylic acids is 1. The maximum Gasteiger partial charge on any atom is 0.234 e. The lowest BCUT2D eigenvalue weighted by molar-refractivity contribution is -0.121. The van der Waals surface area contributed by atoms with Crippen LogP contribution in [-0.4, -0.2) is 38.3 Å². The molecule has 0 bridgehead atoms. The molecule has 0 aromatic heterocycles. The molecule has 0 aromatic rings. The summed E-state index contributed by atoms with van der Waals surface area (Å²) < 4.78 is 5.25. The lowest BCUT2D eigenvalue weighted by atomic mass is 10.1. The Morgan fingerprint density at radius 3 is 2.71 bits per heavy atom. The van der Waals surface area contributed by atoms with Crippen molar-refractivity contribution in [2.24, 2.45) is 0 Å². The third-order valence-corrected chi connectivity index (χ3v) is 3.08. The van der Waals surface area contributed by atoms with Crippen molar-refractivity contribution in [1.82, 2.24) is 10.6 Å². The summed E-state index contributed by atoms with van der Waals surface area (Å²) in [6, 6.07) is 0.318. The average Bonchev–Trinajstić information content (AvgIpc) is 2.35. The Morgan fingerprint density at radius 1 is 1.24 bits per heavy atom. The smallest absolute Gasteiger partial charge is 0.234 e. The Morgan fingerprint density at radius 2 is 2.00 bits per heavy atom. The SMILES string of the molecule is CCCCCCNCC(=O)NC1CCOCC1. The second-order valence-electron chi connectivity index (χ2n) is 4.69. The minimum atomic E-state index is 0.118. The molecular weight excluding hydrogens is 216 g/mol. The van der Waals surface area contributed by atoms with Crippen molar-refractivity contribution in [3.05, 3.63) is 0 Å². The van der Waals surface area contributed by atoms with E-state index < -0.39 is 0 Å². The van der Waals surface area contributed by atoms with E-state index in [-0.39, 0.29) is 5.91 Å². The van der Waals surface area contributed by atoms with Crippen LogP contribution < -0.4 is 10.6 Å². The maximum atomic E-state index is 11.6. The van der Waals surface area contributed by atoms with Crippen LogP contribution in [0.3, 0.4) is 0 Å². The van der Waals surface area contributed by atoms with Crippen molar-refractivity contribution in [3.8, 4) is 0 Å². The normalized spacial score (nSPS) is 17.0. The fourth-order valence-electron chi connectivity index (χ4n) is 2.00. The first kappa shape index (κ1) is 14.5. The molecule has 0 atom stereocenters. The molecular formula is C13H26N2O2. The van der Waals surface area contributed by atoms with Crippen molar-refractivity contribution in [2.75, 3.05) is 26.3 Å². The molecule has 1 amide bonds. The Bertz CT molecular complexity index is 204. The van der Waals surface area contributed by atoms with Gasteiger partial charge in [0.2, 0.25) is 5.91 Å². The predicted octanol–water partition coefficient (Wildman–Crippen LogP) is 1.45. The molecule has 1 saturated heterocycles. The average molecular weight is 242 g/mol. The summed E-state index contributed by atoms with van der Waals surface area (Å²) in [5.41, 5.74) is 0. The minimum Gasteiger partial charge on any atom is -0.381 e. The van der Waals surface area contributed by atoms with E-state index in [4.69, 9.17) is 4.74 Å². The third-order valence-electron chi connectivity index (χ3n) is 3.08. The molecule has 1 fully saturated rings. The van der Waals surface area contributed by atoms with Crippen molar-refractivity contribution < 1.29 is 9.53 Å². The number of hydrogen-bond acceptors (Lipinski definition) is 3. The number of ether oxygens (including phenoxy) is 1. The Hall–Kier alpha value is -0.610. The van der Waals surface area contributed by atoms with Gasteiger partial charge in [0.1, 0.15) is 0 Å². The summed E-state index contributed by atoms with van der Waals surface area (Å²) >= 11 is 0. The fourth-order valence-corrected chi connectivity index (χ4v) is 2.00. The van der Waals surface area contributed by atoms with Crippen molar-refractivity contribution >= 4 is 5.91 Å². The van der Waals surface area contributed by atoms with E-state index in [1.807, 2.05) is 0 Å². The maximum absolute atomic E-state index is 11.6. The molecule has 2 N–H and O–H groups in total. The van der Waals surface area contributed by atoms with Gasteiger partial charge in [-0.2, -0.15) is 0 Å². The van der Waals surface area contributed by atoms with Gasteiger partial charge < -0.3 is 15.4 Å².